The van der Waals surface area contributed by atoms with Crippen molar-refractivity contribution in [1.29, 1.82) is 0 Å². The van der Waals surface area contributed by atoms with Crippen LogP contribution in [0.3, 0.4) is 0 Å². The predicted molar refractivity (Wildman–Crippen MR) is 125 cm³/mol. The Bertz CT molecular complexity index is 1200. The number of anilines is 1. The number of Topliss-reactive ketones (excluding diaryl/α,β-unsaturated/α-hetero) is 1. The Morgan fingerprint density at radius 1 is 1.06 bits per heavy atom. The molecule has 0 unspecified atom stereocenters. The summed E-state index contributed by atoms with van der Waals surface area (Å²) >= 11 is 0. The normalized spacial score (nSPS) is 14.2. The molecule has 162 valence electrons. The number of carbonyl (C=O) groups excluding carboxylic acids is 2. The van der Waals surface area contributed by atoms with Crippen LogP contribution in [0.25, 0.3) is 0 Å². The van der Waals surface area contributed by atoms with Crippen LogP contribution in [-0.4, -0.2) is 35.0 Å². The van der Waals surface area contributed by atoms with Gasteiger partial charge < -0.3 is 10.1 Å². The average Bonchev–Trinajstić information content (AvgIpc) is 2.79. The van der Waals surface area contributed by atoms with Crippen LogP contribution in [0.2, 0.25) is 0 Å². The number of nitrogens with zero attached hydrogens (tertiary/aromatic N) is 2. The van der Waals surface area contributed by atoms with Gasteiger partial charge in [-0.25, -0.2) is 0 Å². The first-order valence-electron chi connectivity index (χ1n) is 10.5. The molecule has 0 bridgehead atoms. The number of pyridine rings is 1. The number of benzene rings is 2. The Hall–Kier alpha value is -3.80. The van der Waals surface area contributed by atoms with Crippen LogP contribution in [0.5, 0.6) is 5.75 Å². The highest BCUT2D eigenvalue weighted by atomic mass is 16.5. The van der Waals surface area contributed by atoms with Gasteiger partial charge in [-0.15, -0.1) is 0 Å². The molecule has 0 aliphatic carbocycles. The lowest BCUT2D eigenvalue weighted by atomic mass is 9.85. The number of aliphatic imine (C=N–C) groups is 1. The Morgan fingerprint density at radius 2 is 1.91 bits per heavy atom. The minimum absolute atomic E-state index is 0.0656. The van der Waals surface area contributed by atoms with Crippen molar-refractivity contribution in [2.75, 3.05) is 12.4 Å². The molecular weight excluding hydrogens is 402 g/mol. The molecule has 1 aromatic heterocycles. The Morgan fingerprint density at radius 3 is 2.66 bits per heavy atom. The fraction of sp³-hybridized carbons (Fsp3) is 0.231. The highest BCUT2D eigenvalue weighted by Crippen LogP contribution is 2.31. The summed E-state index contributed by atoms with van der Waals surface area (Å²) in [4.78, 5) is 34.5. The summed E-state index contributed by atoms with van der Waals surface area (Å²) in [5.74, 6) is 0.349. The number of amides is 1. The van der Waals surface area contributed by atoms with Crippen molar-refractivity contribution in [3.8, 4) is 5.75 Å². The molecule has 0 fully saturated rings. The molecule has 3 aromatic rings. The Balaban J connectivity index is 1.56. The molecule has 0 spiro atoms. The second kappa shape index (κ2) is 8.75. The molecular formula is C26H25N3O3. The van der Waals surface area contributed by atoms with Gasteiger partial charge in [-0.2, -0.15) is 0 Å². The fourth-order valence-corrected chi connectivity index (χ4v) is 3.89. The lowest BCUT2D eigenvalue weighted by Crippen LogP contribution is -2.30. The van der Waals surface area contributed by atoms with Gasteiger partial charge in [-0.05, 0) is 62.2 Å². The molecule has 1 N–H and O–H groups in total. The van der Waals surface area contributed by atoms with Crippen molar-refractivity contribution in [3.05, 3.63) is 89.2 Å². The molecule has 6 heteroatoms. The summed E-state index contributed by atoms with van der Waals surface area (Å²) < 4.78 is 5.37. The van der Waals surface area contributed by atoms with Gasteiger partial charge in [0.2, 0.25) is 0 Å². The lowest BCUT2D eigenvalue weighted by molar-refractivity contribution is 0.0995. The second-order valence-electron chi connectivity index (χ2n) is 8.42. The first kappa shape index (κ1) is 21.4. The molecule has 2 heterocycles. The minimum Gasteiger partial charge on any atom is -0.497 e. The summed E-state index contributed by atoms with van der Waals surface area (Å²) in [6.45, 7) is 4.14. The third kappa shape index (κ3) is 4.75. The average molecular weight is 428 g/mol. The SMILES string of the molecule is COc1ccc2c(c1)C(CC(=O)c1cccc(NC(=O)c3ccccn3)c1)=NC(C)(C)C2. The number of aromatic nitrogens is 1. The van der Waals surface area contributed by atoms with Crippen LogP contribution >= 0.6 is 0 Å². The zero-order chi connectivity index (χ0) is 22.7. The molecule has 4 rings (SSSR count). The number of ether oxygens (including phenoxy) is 1. The van der Waals surface area contributed by atoms with E-state index in [1.165, 1.54) is 0 Å². The van der Waals surface area contributed by atoms with Crippen molar-refractivity contribution in [1.82, 2.24) is 4.98 Å². The summed E-state index contributed by atoms with van der Waals surface area (Å²) in [6, 6.07) is 18.0. The van der Waals surface area contributed by atoms with Crippen molar-refractivity contribution in [2.24, 2.45) is 4.99 Å². The number of nitrogens with one attached hydrogen (secondary N) is 1. The van der Waals surface area contributed by atoms with E-state index in [4.69, 9.17) is 9.73 Å². The van der Waals surface area contributed by atoms with Crippen molar-refractivity contribution < 1.29 is 14.3 Å². The van der Waals surface area contributed by atoms with E-state index >= 15 is 0 Å². The van der Waals surface area contributed by atoms with Gasteiger partial charge in [-0.1, -0.05) is 24.3 Å². The van der Waals surface area contributed by atoms with Crippen molar-refractivity contribution >= 4 is 23.1 Å². The maximum absolute atomic E-state index is 13.2. The smallest absolute Gasteiger partial charge is 0.274 e. The van der Waals surface area contributed by atoms with Gasteiger partial charge in [-0.3, -0.25) is 19.6 Å². The zero-order valence-electron chi connectivity index (χ0n) is 18.4. The van der Waals surface area contributed by atoms with Crippen molar-refractivity contribution in [2.45, 2.75) is 32.2 Å². The third-order valence-electron chi connectivity index (χ3n) is 5.36. The van der Waals surface area contributed by atoms with E-state index in [-0.39, 0.29) is 23.7 Å². The highest BCUT2D eigenvalue weighted by molar-refractivity contribution is 6.17. The molecule has 1 aliphatic rings. The van der Waals surface area contributed by atoms with Gasteiger partial charge in [0, 0.05) is 23.0 Å². The lowest BCUT2D eigenvalue weighted by Gasteiger charge is -2.29. The monoisotopic (exact) mass is 427 g/mol. The van der Waals surface area contributed by atoms with Crippen LogP contribution in [0.1, 0.15) is 52.2 Å². The van der Waals surface area contributed by atoms with E-state index in [1.54, 1.807) is 55.8 Å². The number of fused-ring (bicyclic) bond motifs is 1. The van der Waals surface area contributed by atoms with Crippen LogP contribution in [0.4, 0.5) is 5.69 Å². The first-order chi connectivity index (χ1) is 15.3. The van der Waals surface area contributed by atoms with Crippen LogP contribution in [-0.2, 0) is 6.42 Å². The fourth-order valence-electron chi connectivity index (χ4n) is 3.89. The van der Waals surface area contributed by atoms with Gasteiger partial charge in [0.1, 0.15) is 11.4 Å². The maximum atomic E-state index is 13.2. The summed E-state index contributed by atoms with van der Waals surface area (Å²) in [5.41, 5.74) is 3.95. The standard InChI is InChI=1S/C26H25N3O3/c1-26(2)16-18-10-11-20(32-3)14-21(18)23(29-26)15-24(30)17-7-6-8-19(13-17)28-25(31)22-9-4-5-12-27-22/h4-14H,15-16H2,1-3H3,(H,28,31). The maximum Gasteiger partial charge on any atom is 0.274 e. The van der Waals surface area contributed by atoms with Crippen LogP contribution in [0, 0.1) is 0 Å². The third-order valence-corrected chi connectivity index (χ3v) is 5.36. The number of ketones is 1. The Kier molecular flexibility index (Phi) is 5.86. The summed E-state index contributed by atoms with van der Waals surface area (Å²) in [5, 5.41) is 2.80. The molecule has 1 amide bonds. The topological polar surface area (TPSA) is 80.6 Å². The number of hydrogen-bond donors (Lipinski definition) is 1. The van der Waals surface area contributed by atoms with Gasteiger partial charge in [0.15, 0.2) is 5.78 Å². The molecule has 1 aliphatic heterocycles. The van der Waals surface area contributed by atoms with Crippen molar-refractivity contribution in [3.63, 3.8) is 0 Å². The molecule has 2 aromatic carbocycles. The van der Waals surface area contributed by atoms with Crippen LogP contribution < -0.4 is 10.1 Å². The first-order valence-corrected chi connectivity index (χ1v) is 10.5. The molecule has 0 atom stereocenters. The predicted octanol–water partition coefficient (Wildman–Crippen LogP) is 4.74. The molecule has 0 radical (unpaired) electrons. The van der Waals surface area contributed by atoms with Gasteiger partial charge in [0.25, 0.3) is 5.91 Å². The number of methoxy groups -OCH3 is 1. The quantitative estimate of drug-likeness (QED) is 0.576. The van der Waals surface area contributed by atoms with E-state index in [9.17, 15) is 9.59 Å². The second-order valence-corrected chi connectivity index (χ2v) is 8.42. The van der Waals surface area contributed by atoms with Crippen LogP contribution in [0.15, 0.2) is 71.9 Å². The van der Waals surface area contributed by atoms with E-state index in [0.717, 1.165) is 29.0 Å². The number of hydrogen-bond acceptors (Lipinski definition) is 5. The number of carbonyl (C=O) groups is 2. The van der Waals surface area contributed by atoms with Gasteiger partial charge in [0.05, 0.1) is 24.8 Å². The summed E-state index contributed by atoms with van der Waals surface area (Å²) in [7, 11) is 1.63. The summed E-state index contributed by atoms with van der Waals surface area (Å²) in [6.07, 6.45) is 2.54. The van der Waals surface area contributed by atoms with E-state index in [2.05, 4.69) is 24.1 Å². The van der Waals surface area contributed by atoms with E-state index < -0.39 is 0 Å². The molecule has 0 saturated heterocycles. The molecule has 32 heavy (non-hydrogen) atoms. The van der Waals surface area contributed by atoms with Gasteiger partial charge >= 0.3 is 0 Å². The number of rotatable bonds is 6. The minimum atomic E-state index is -0.324. The molecule has 6 nitrogen and oxygen atoms in total. The highest BCUT2D eigenvalue weighted by Gasteiger charge is 2.28. The van der Waals surface area contributed by atoms with E-state index in [1.807, 2.05) is 18.2 Å². The largest absolute Gasteiger partial charge is 0.497 e. The molecule has 0 saturated carbocycles. The zero-order valence-corrected chi connectivity index (χ0v) is 18.4. The Labute approximate surface area is 187 Å². The van der Waals surface area contributed by atoms with E-state index in [0.29, 0.717) is 16.9 Å².